The Hall–Kier alpha value is -0.0800. The van der Waals surface area contributed by atoms with E-state index in [1.54, 1.807) is 0 Å². The topological polar surface area (TPSA) is 23.5 Å². The second kappa shape index (κ2) is 5.72. The van der Waals surface area contributed by atoms with E-state index >= 15 is 0 Å². The van der Waals surface area contributed by atoms with Gasteiger partial charge in [0.05, 0.1) is 6.10 Å². The highest BCUT2D eigenvalue weighted by Gasteiger charge is 2.26. The molecule has 1 rings (SSSR count). The summed E-state index contributed by atoms with van der Waals surface area (Å²) in [5.41, 5.74) is 0. The van der Waals surface area contributed by atoms with Crippen molar-refractivity contribution in [2.24, 2.45) is 11.8 Å². The predicted octanol–water partition coefficient (Wildman–Crippen LogP) is 2.13. The van der Waals surface area contributed by atoms with Gasteiger partial charge >= 0.3 is 0 Å². The maximum absolute atomic E-state index is 9.74. The average molecular weight is 199 g/mol. The van der Waals surface area contributed by atoms with E-state index < -0.39 is 0 Å². The monoisotopic (exact) mass is 199 g/mol. The van der Waals surface area contributed by atoms with Crippen LogP contribution in [0.5, 0.6) is 0 Å². The first kappa shape index (κ1) is 12.0. The van der Waals surface area contributed by atoms with Crippen molar-refractivity contribution in [3.05, 3.63) is 0 Å². The van der Waals surface area contributed by atoms with Crippen LogP contribution in [0.3, 0.4) is 0 Å². The SMILES string of the molecule is CCN(CC(C)C)CC1CCCC1O. The summed E-state index contributed by atoms with van der Waals surface area (Å²) >= 11 is 0. The van der Waals surface area contributed by atoms with Crippen molar-refractivity contribution < 1.29 is 5.11 Å². The van der Waals surface area contributed by atoms with Gasteiger partial charge in [-0.2, -0.15) is 0 Å². The number of hydrogen-bond acceptors (Lipinski definition) is 2. The standard InChI is InChI=1S/C12H25NO/c1-4-13(8-10(2)3)9-11-6-5-7-12(11)14/h10-12,14H,4-9H2,1-3H3. The summed E-state index contributed by atoms with van der Waals surface area (Å²) < 4.78 is 0. The fourth-order valence-electron chi connectivity index (χ4n) is 2.41. The Kier molecular flexibility index (Phi) is 4.90. The second-order valence-electron chi connectivity index (χ2n) is 5.00. The van der Waals surface area contributed by atoms with Crippen molar-refractivity contribution >= 4 is 0 Å². The third-order valence-electron chi connectivity index (χ3n) is 3.18. The van der Waals surface area contributed by atoms with Crippen LogP contribution in [0.1, 0.15) is 40.0 Å². The first-order chi connectivity index (χ1) is 6.63. The van der Waals surface area contributed by atoms with E-state index in [4.69, 9.17) is 0 Å². The molecule has 1 saturated carbocycles. The molecule has 2 atom stereocenters. The smallest absolute Gasteiger partial charge is 0.0580 e. The van der Waals surface area contributed by atoms with Gasteiger partial charge < -0.3 is 10.0 Å². The first-order valence-electron chi connectivity index (χ1n) is 6.04. The molecule has 1 aliphatic carbocycles. The molecule has 14 heavy (non-hydrogen) atoms. The van der Waals surface area contributed by atoms with E-state index in [0.29, 0.717) is 5.92 Å². The van der Waals surface area contributed by atoms with Gasteiger partial charge in [-0.05, 0) is 31.2 Å². The Balaban J connectivity index is 2.31. The van der Waals surface area contributed by atoms with Crippen LogP contribution in [0.4, 0.5) is 0 Å². The van der Waals surface area contributed by atoms with Gasteiger partial charge in [-0.1, -0.05) is 27.2 Å². The van der Waals surface area contributed by atoms with Gasteiger partial charge in [0.25, 0.3) is 0 Å². The molecular weight excluding hydrogens is 174 g/mol. The summed E-state index contributed by atoms with van der Waals surface area (Å²) in [6, 6.07) is 0. The van der Waals surface area contributed by atoms with Crippen molar-refractivity contribution in [3.63, 3.8) is 0 Å². The molecule has 1 aliphatic rings. The van der Waals surface area contributed by atoms with Crippen molar-refractivity contribution in [1.82, 2.24) is 4.90 Å². The molecule has 1 N–H and O–H groups in total. The van der Waals surface area contributed by atoms with Crippen LogP contribution < -0.4 is 0 Å². The fourth-order valence-corrected chi connectivity index (χ4v) is 2.41. The molecule has 2 nitrogen and oxygen atoms in total. The van der Waals surface area contributed by atoms with Crippen LogP contribution in [0.15, 0.2) is 0 Å². The molecule has 0 heterocycles. The molecular formula is C12H25NO. The third-order valence-corrected chi connectivity index (χ3v) is 3.18. The first-order valence-corrected chi connectivity index (χ1v) is 6.04. The molecule has 0 aromatic heterocycles. The largest absolute Gasteiger partial charge is 0.393 e. The van der Waals surface area contributed by atoms with Gasteiger partial charge in [0.15, 0.2) is 0 Å². The Morgan fingerprint density at radius 3 is 2.50 bits per heavy atom. The van der Waals surface area contributed by atoms with Crippen molar-refractivity contribution in [3.8, 4) is 0 Å². The van der Waals surface area contributed by atoms with Crippen LogP contribution >= 0.6 is 0 Å². The minimum Gasteiger partial charge on any atom is -0.393 e. The Labute approximate surface area is 88.3 Å². The maximum Gasteiger partial charge on any atom is 0.0580 e. The van der Waals surface area contributed by atoms with E-state index in [9.17, 15) is 5.11 Å². The minimum atomic E-state index is -0.0313. The zero-order valence-corrected chi connectivity index (χ0v) is 9.87. The van der Waals surface area contributed by atoms with Crippen molar-refractivity contribution in [2.45, 2.75) is 46.1 Å². The maximum atomic E-state index is 9.74. The van der Waals surface area contributed by atoms with Crippen LogP contribution in [-0.2, 0) is 0 Å². The normalized spacial score (nSPS) is 27.9. The highest BCUT2D eigenvalue weighted by atomic mass is 16.3. The zero-order valence-electron chi connectivity index (χ0n) is 9.87. The molecule has 0 radical (unpaired) electrons. The van der Waals surface area contributed by atoms with E-state index in [2.05, 4.69) is 25.7 Å². The molecule has 0 saturated heterocycles. The van der Waals surface area contributed by atoms with E-state index in [-0.39, 0.29) is 6.10 Å². The summed E-state index contributed by atoms with van der Waals surface area (Å²) in [7, 11) is 0. The molecule has 0 bridgehead atoms. The van der Waals surface area contributed by atoms with Gasteiger partial charge in [-0.25, -0.2) is 0 Å². The van der Waals surface area contributed by atoms with Gasteiger partial charge in [-0.15, -0.1) is 0 Å². The lowest BCUT2D eigenvalue weighted by Gasteiger charge is -2.27. The average Bonchev–Trinajstić information content (AvgIpc) is 2.50. The van der Waals surface area contributed by atoms with Crippen LogP contribution in [0.25, 0.3) is 0 Å². The molecule has 0 amide bonds. The van der Waals surface area contributed by atoms with Crippen LogP contribution in [0.2, 0.25) is 0 Å². The summed E-state index contributed by atoms with van der Waals surface area (Å²) in [6.07, 6.45) is 3.42. The number of aliphatic hydroxyl groups is 1. The quantitative estimate of drug-likeness (QED) is 0.733. The molecule has 0 spiro atoms. The lowest BCUT2D eigenvalue weighted by atomic mass is 10.0. The van der Waals surface area contributed by atoms with Gasteiger partial charge in [0.2, 0.25) is 0 Å². The van der Waals surface area contributed by atoms with Gasteiger partial charge in [-0.3, -0.25) is 0 Å². The Morgan fingerprint density at radius 1 is 1.36 bits per heavy atom. The predicted molar refractivity (Wildman–Crippen MR) is 60.3 cm³/mol. The van der Waals surface area contributed by atoms with Crippen LogP contribution in [-0.4, -0.2) is 35.7 Å². The lowest BCUT2D eigenvalue weighted by molar-refractivity contribution is 0.0996. The summed E-state index contributed by atoms with van der Waals surface area (Å²) in [4.78, 5) is 2.48. The highest BCUT2D eigenvalue weighted by molar-refractivity contribution is 4.79. The van der Waals surface area contributed by atoms with E-state index in [1.807, 2.05) is 0 Å². The molecule has 0 aromatic rings. The van der Waals surface area contributed by atoms with E-state index in [1.165, 1.54) is 19.4 Å². The Bertz CT molecular complexity index is 158. The minimum absolute atomic E-state index is 0.0313. The Morgan fingerprint density at radius 2 is 2.07 bits per heavy atom. The van der Waals surface area contributed by atoms with E-state index in [0.717, 1.165) is 25.4 Å². The number of rotatable bonds is 5. The summed E-state index contributed by atoms with van der Waals surface area (Å²) in [5, 5.41) is 9.74. The fraction of sp³-hybridized carbons (Fsp3) is 1.00. The van der Waals surface area contributed by atoms with Gasteiger partial charge in [0, 0.05) is 13.1 Å². The van der Waals surface area contributed by atoms with Crippen molar-refractivity contribution in [2.75, 3.05) is 19.6 Å². The molecule has 2 unspecified atom stereocenters. The van der Waals surface area contributed by atoms with Crippen molar-refractivity contribution in [1.29, 1.82) is 0 Å². The molecule has 2 heteroatoms. The number of hydrogen-bond donors (Lipinski definition) is 1. The zero-order chi connectivity index (χ0) is 10.6. The molecule has 1 fully saturated rings. The van der Waals surface area contributed by atoms with Crippen LogP contribution in [0, 0.1) is 11.8 Å². The number of nitrogens with zero attached hydrogens (tertiary/aromatic N) is 1. The highest BCUT2D eigenvalue weighted by Crippen LogP contribution is 2.26. The third kappa shape index (κ3) is 3.58. The second-order valence-corrected chi connectivity index (χ2v) is 5.00. The molecule has 0 aliphatic heterocycles. The molecule has 84 valence electrons. The number of aliphatic hydroxyl groups excluding tert-OH is 1. The summed E-state index contributed by atoms with van der Waals surface area (Å²) in [5.74, 6) is 1.27. The summed E-state index contributed by atoms with van der Waals surface area (Å²) in [6.45, 7) is 10.1. The lowest BCUT2D eigenvalue weighted by Crippen LogP contribution is -2.35. The molecule has 0 aromatic carbocycles. The van der Waals surface area contributed by atoms with Gasteiger partial charge in [0.1, 0.15) is 0 Å².